The predicted molar refractivity (Wildman–Crippen MR) is 76.7 cm³/mol. The molecule has 2 unspecified atom stereocenters. The Morgan fingerprint density at radius 3 is 2.90 bits per heavy atom. The van der Waals surface area contributed by atoms with Gasteiger partial charge in [-0.25, -0.2) is 18.1 Å². The highest BCUT2D eigenvalue weighted by atomic mass is 35.5. The van der Waals surface area contributed by atoms with Crippen LogP contribution in [0.25, 0.3) is 0 Å². The highest BCUT2D eigenvalue weighted by Crippen LogP contribution is 2.26. The van der Waals surface area contributed by atoms with Gasteiger partial charge in [-0.2, -0.15) is 5.26 Å². The average molecular weight is 317 g/mol. The number of hydrogen-bond donors (Lipinski definition) is 2. The van der Waals surface area contributed by atoms with Crippen molar-refractivity contribution in [2.45, 2.75) is 30.2 Å². The maximum atomic E-state index is 12.3. The molecule has 1 saturated carbocycles. The van der Waals surface area contributed by atoms with Crippen molar-refractivity contribution in [1.82, 2.24) is 9.71 Å². The van der Waals surface area contributed by atoms with Crippen LogP contribution in [0.4, 0.5) is 0 Å². The Morgan fingerprint density at radius 1 is 1.50 bits per heavy atom. The van der Waals surface area contributed by atoms with E-state index in [1.165, 1.54) is 18.3 Å². The van der Waals surface area contributed by atoms with Crippen LogP contribution in [0, 0.1) is 17.2 Å². The number of pyridine rings is 1. The van der Waals surface area contributed by atoms with Gasteiger partial charge in [0.1, 0.15) is 11.0 Å². The molecule has 1 fully saturated rings. The van der Waals surface area contributed by atoms with E-state index in [4.69, 9.17) is 11.0 Å². The second kappa shape index (κ2) is 6.99. The van der Waals surface area contributed by atoms with Crippen LogP contribution in [0.2, 0.25) is 0 Å². The predicted octanol–water partition coefficient (Wildman–Crippen LogP) is 0.781. The van der Waals surface area contributed by atoms with Crippen LogP contribution in [-0.2, 0) is 10.0 Å². The smallest absolute Gasteiger partial charge is 0.243 e. The van der Waals surface area contributed by atoms with E-state index in [0.29, 0.717) is 6.54 Å². The Morgan fingerprint density at radius 2 is 2.25 bits per heavy atom. The number of nitrogens with two attached hydrogens (primary N) is 1. The number of nitrogens with one attached hydrogen (secondary N) is 1. The zero-order chi connectivity index (χ0) is 13.9. The topological polar surface area (TPSA) is 109 Å². The summed E-state index contributed by atoms with van der Waals surface area (Å²) in [5.74, 6) is 0.164. The van der Waals surface area contributed by atoms with E-state index < -0.39 is 10.0 Å². The van der Waals surface area contributed by atoms with Crippen LogP contribution >= 0.6 is 12.4 Å². The standard InChI is InChI=1S/C12H16N4O2S.ClH/c13-7-9-3-1-4-10(9)16-19(17,18)12-5-2-6-15-11(12)8-14;/h2,5-6,9-10,16H,1,3-4,7,13H2;1H. The molecule has 0 aromatic carbocycles. The van der Waals surface area contributed by atoms with Gasteiger partial charge in [-0.1, -0.05) is 6.42 Å². The molecule has 1 aliphatic carbocycles. The Bertz CT molecular complexity index is 600. The molecule has 8 heteroatoms. The summed E-state index contributed by atoms with van der Waals surface area (Å²) in [5.41, 5.74) is 5.55. The fourth-order valence-corrected chi connectivity index (χ4v) is 3.87. The Balaban J connectivity index is 0.00000200. The van der Waals surface area contributed by atoms with Gasteiger partial charge in [0.25, 0.3) is 0 Å². The van der Waals surface area contributed by atoms with Crippen molar-refractivity contribution < 1.29 is 8.42 Å². The van der Waals surface area contributed by atoms with Crippen molar-refractivity contribution in [3.05, 3.63) is 24.0 Å². The molecule has 0 aliphatic heterocycles. The highest BCUT2D eigenvalue weighted by molar-refractivity contribution is 7.89. The van der Waals surface area contributed by atoms with Crippen LogP contribution in [-0.4, -0.2) is 26.0 Å². The maximum Gasteiger partial charge on any atom is 0.243 e. The molecule has 0 amide bonds. The molecular formula is C12H17ClN4O2S. The molecule has 0 radical (unpaired) electrons. The Labute approximate surface area is 124 Å². The zero-order valence-electron chi connectivity index (χ0n) is 10.8. The lowest BCUT2D eigenvalue weighted by molar-refractivity contribution is 0.452. The van der Waals surface area contributed by atoms with E-state index >= 15 is 0 Å². The van der Waals surface area contributed by atoms with Crippen molar-refractivity contribution in [2.24, 2.45) is 11.7 Å². The van der Waals surface area contributed by atoms with E-state index in [1.807, 2.05) is 0 Å². The van der Waals surface area contributed by atoms with Crippen molar-refractivity contribution in [3.63, 3.8) is 0 Å². The lowest BCUT2D eigenvalue weighted by Gasteiger charge is -2.19. The number of halogens is 1. The lowest BCUT2D eigenvalue weighted by atomic mass is 10.1. The summed E-state index contributed by atoms with van der Waals surface area (Å²) in [5, 5.41) is 8.92. The van der Waals surface area contributed by atoms with E-state index in [0.717, 1.165) is 19.3 Å². The first-order valence-corrected chi connectivity index (χ1v) is 7.64. The van der Waals surface area contributed by atoms with Crippen LogP contribution in [0.3, 0.4) is 0 Å². The second-order valence-electron chi connectivity index (χ2n) is 4.62. The first kappa shape index (κ1) is 16.9. The quantitative estimate of drug-likeness (QED) is 0.853. The van der Waals surface area contributed by atoms with Crippen LogP contribution in [0.5, 0.6) is 0 Å². The molecule has 1 aromatic heterocycles. The third-order valence-electron chi connectivity index (χ3n) is 3.43. The molecule has 3 N–H and O–H groups in total. The summed E-state index contributed by atoms with van der Waals surface area (Å²) in [6.45, 7) is 0.464. The van der Waals surface area contributed by atoms with Gasteiger partial charge in [-0.3, -0.25) is 0 Å². The van der Waals surface area contributed by atoms with Gasteiger partial charge >= 0.3 is 0 Å². The summed E-state index contributed by atoms with van der Waals surface area (Å²) in [4.78, 5) is 3.70. The van der Waals surface area contributed by atoms with E-state index in [-0.39, 0.29) is 35.0 Å². The minimum absolute atomic E-state index is 0. The van der Waals surface area contributed by atoms with Crippen molar-refractivity contribution in [3.8, 4) is 6.07 Å². The molecule has 1 heterocycles. The fraction of sp³-hybridized carbons (Fsp3) is 0.500. The van der Waals surface area contributed by atoms with Crippen LogP contribution < -0.4 is 10.5 Å². The third-order valence-corrected chi connectivity index (χ3v) is 4.96. The van der Waals surface area contributed by atoms with Gasteiger partial charge in [-0.05, 0) is 37.4 Å². The van der Waals surface area contributed by atoms with E-state index in [2.05, 4.69) is 9.71 Å². The minimum Gasteiger partial charge on any atom is -0.330 e. The fourth-order valence-electron chi connectivity index (χ4n) is 2.43. The Kier molecular flexibility index (Phi) is 5.89. The molecule has 110 valence electrons. The Hall–Kier alpha value is -1.20. The summed E-state index contributed by atoms with van der Waals surface area (Å²) < 4.78 is 27.2. The maximum absolute atomic E-state index is 12.3. The molecule has 20 heavy (non-hydrogen) atoms. The largest absolute Gasteiger partial charge is 0.330 e. The molecule has 0 bridgehead atoms. The highest BCUT2D eigenvalue weighted by Gasteiger charge is 2.31. The van der Waals surface area contributed by atoms with Crippen molar-refractivity contribution >= 4 is 22.4 Å². The van der Waals surface area contributed by atoms with Gasteiger partial charge in [0.15, 0.2) is 5.69 Å². The molecule has 2 atom stereocenters. The molecular weight excluding hydrogens is 300 g/mol. The SMILES string of the molecule is Cl.N#Cc1ncccc1S(=O)(=O)NC1CCCC1CN. The molecule has 1 aliphatic rings. The normalized spacial score (nSPS) is 22.0. The first-order chi connectivity index (χ1) is 9.08. The third kappa shape index (κ3) is 3.46. The lowest BCUT2D eigenvalue weighted by Crippen LogP contribution is -2.40. The van der Waals surface area contributed by atoms with Gasteiger partial charge in [0, 0.05) is 12.2 Å². The van der Waals surface area contributed by atoms with Gasteiger partial charge in [0.2, 0.25) is 10.0 Å². The average Bonchev–Trinajstić information content (AvgIpc) is 2.85. The summed E-state index contributed by atoms with van der Waals surface area (Å²) in [6.07, 6.45) is 4.08. The number of sulfonamides is 1. The second-order valence-corrected chi connectivity index (χ2v) is 6.30. The van der Waals surface area contributed by atoms with Gasteiger partial charge < -0.3 is 5.73 Å². The zero-order valence-corrected chi connectivity index (χ0v) is 12.5. The summed E-state index contributed by atoms with van der Waals surface area (Å²) in [7, 11) is -3.72. The molecule has 0 saturated heterocycles. The number of rotatable bonds is 4. The molecule has 0 spiro atoms. The van der Waals surface area contributed by atoms with Gasteiger partial charge in [-0.15, -0.1) is 12.4 Å². The minimum atomic E-state index is -3.72. The van der Waals surface area contributed by atoms with E-state index in [1.54, 1.807) is 6.07 Å². The van der Waals surface area contributed by atoms with Crippen molar-refractivity contribution in [2.75, 3.05) is 6.54 Å². The first-order valence-electron chi connectivity index (χ1n) is 6.16. The summed E-state index contributed by atoms with van der Waals surface area (Å²) in [6, 6.07) is 4.54. The number of nitrogens with zero attached hydrogens (tertiary/aromatic N) is 2. The number of nitriles is 1. The molecule has 1 aromatic rings. The van der Waals surface area contributed by atoms with Crippen LogP contribution in [0.15, 0.2) is 23.2 Å². The number of aromatic nitrogens is 1. The summed E-state index contributed by atoms with van der Waals surface area (Å²) >= 11 is 0. The van der Waals surface area contributed by atoms with Gasteiger partial charge in [0.05, 0.1) is 0 Å². The van der Waals surface area contributed by atoms with Crippen LogP contribution in [0.1, 0.15) is 25.0 Å². The molecule has 2 rings (SSSR count). The monoisotopic (exact) mass is 316 g/mol. The van der Waals surface area contributed by atoms with Crippen molar-refractivity contribution in [1.29, 1.82) is 5.26 Å². The molecule has 6 nitrogen and oxygen atoms in total. The number of hydrogen-bond acceptors (Lipinski definition) is 5. The van der Waals surface area contributed by atoms with E-state index in [9.17, 15) is 8.42 Å².